The number of hydrogen-bond donors (Lipinski definition) is 2. The predicted octanol–water partition coefficient (Wildman–Crippen LogP) is 3.91. The van der Waals surface area contributed by atoms with Gasteiger partial charge >= 0.3 is 0 Å². The van der Waals surface area contributed by atoms with Crippen molar-refractivity contribution in [3.63, 3.8) is 0 Å². The quantitative estimate of drug-likeness (QED) is 0.820. The maximum atomic E-state index is 12.7. The Bertz CT molecular complexity index is 761. The van der Waals surface area contributed by atoms with Gasteiger partial charge in [-0.3, -0.25) is 9.59 Å². The normalized spacial score (nSPS) is 14.8. The molecule has 0 bridgehead atoms. The van der Waals surface area contributed by atoms with E-state index in [2.05, 4.69) is 10.6 Å². The van der Waals surface area contributed by atoms with E-state index in [0.717, 1.165) is 28.9 Å². The summed E-state index contributed by atoms with van der Waals surface area (Å²) in [5.74, 6) is -0.439. The van der Waals surface area contributed by atoms with Crippen LogP contribution in [0.15, 0.2) is 48.5 Å². The molecule has 4 nitrogen and oxygen atoms in total. The summed E-state index contributed by atoms with van der Waals surface area (Å²) in [7, 11) is 0. The van der Waals surface area contributed by atoms with E-state index in [1.165, 1.54) is 0 Å². The van der Waals surface area contributed by atoms with Crippen LogP contribution in [-0.2, 0) is 16.0 Å². The molecular weight excluding hydrogens is 300 g/mol. The Morgan fingerprint density at radius 1 is 0.958 bits per heavy atom. The second-order valence-electron chi connectivity index (χ2n) is 6.37. The lowest BCUT2D eigenvalue weighted by atomic mass is 10.0. The highest BCUT2D eigenvalue weighted by molar-refractivity contribution is 6.17. The van der Waals surface area contributed by atoms with Crippen molar-refractivity contribution < 1.29 is 9.59 Å². The fourth-order valence-electron chi connectivity index (χ4n) is 2.76. The minimum Gasteiger partial charge on any atom is -0.325 e. The summed E-state index contributed by atoms with van der Waals surface area (Å²) in [4.78, 5) is 25.3. The van der Waals surface area contributed by atoms with Gasteiger partial charge in [0.25, 0.3) is 0 Å². The van der Waals surface area contributed by atoms with Crippen LogP contribution < -0.4 is 10.6 Å². The van der Waals surface area contributed by atoms with E-state index in [-0.39, 0.29) is 11.8 Å². The van der Waals surface area contributed by atoms with Crippen LogP contribution in [0.25, 0.3) is 0 Å². The maximum absolute atomic E-state index is 12.7. The van der Waals surface area contributed by atoms with Crippen molar-refractivity contribution in [2.75, 3.05) is 10.6 Å². The molecule has 2 aromatic rings. The van der Waals surface area contributed by atoms with Crippen molar-refractivity contribution in [2.45, 2.75) is 33.1 Å². The number of benzene rings is 2. The lowest BCUT2D eigenvalue weighted by Gasteiger charge is -2.17. The number of amides is 2. The van der Waals surface area contributed by atoms with Crippen molar-refractivity contribution in [1.29, 1.82) is 0 Å². The minimum absolute atomic E-state index is 0.215. The zero-order valence-electron chi connectivity index (χ0n) is 14.1. The van der Waals surface area contributed by atoms with Gasteiger partial charge in [0.1, 0.15) is 5.41 Å². The lowest BCUT2D eigenvalue weighted by Crippen LogP contribution is -2.35. The van der Waals surface area contributed by atoms with Gasteiger partial charge in [-0.25, -0.2) is 0 Å². The van der Waals surface area contributed by atoms with Crippen LogP contribution >= 0.6 is 0 Å². The number of aryl methyl sites for hydroxylation is 2. The van der Waals surface area contributed by atoms with Crippen LogP contribution in [0, 0.1) is 12.3 Å². The minimum atomic E-state index is -0.939. The third kappa shape index (κ3) is 3.18. The predicted molar refractivity (Wildman–Crippen MR) is 95.9 cm³/mol. The number of rotatable bonds is 5. The number of carbonyl (C=O) groups excluding carboxylic acids is 2. The van der Waals surface area contributed by atoms with Gasteiger partial charge in [-0.05, 0) is 49.9 Å². The van der Waals surface area contributed by atoms with E-state index in [1.807, 2.05) is 62.4 Å². The van der Waals surface area contributed by atoms with Crippen molar-refractivity contribution in [1.82, 2.24) is 0 Å². The average Bonchev–Trinajstić information content (AvgIpc) is 3.39. The van der Waals surface area contributed by atoms with Crippen LogP contribution in [0.3, 0.4) is 0 Å². The molecule has 24 heavy (non-hydrogen) atoms. The van der Waals surface area contributed by atoms with Crippen LogP contribution in [0.1, 0.15) is 30.9 Å². The Morgan fingerprint density at radius 2 is 1.58 bits per heavy atom. The Hall–Kier alpha value is -2.62. The van der Waals surface area contributed by atoms with E-state index in [9.17, 15) is 9.59 Å². The lowest BCUT2D eigenvalue weighted by molar-refractivity contribution is -0.131. The molecule has 0 saturated heterocycles. The fourth-order valence-corrected chi connectivity index (χ4v) is 2.76. The summed E-state index contributed by atoms with van der Waals surface area (Å²) < 4.78 is 0. The third-order valence-corrected chi connectivity index (χ3v) is 4.58. The van der Waals surface area contributed by atoms with Crippen LogP contribution in [0.5, 0.6) is 0 Å². The van der Waals surface area contributed by atoms with Crippen LogP contribution in [0.2, 0.25) is 0 Å². The molecule has 0 radical (unpaired) electrons. The van der Waals surface area contributed by atoms with Gasteiger partial charge in [0.15, 0.2) is 0 Å². The molecule has 1 aliphatic carbocycles. The highest BCUT2D eigenvalue weighted by Crippen LogP contribution is 2.47. The topological polar surface area (TPSA) is 58.2 Å². The van der Waals surface area contributed by atoms with Crippen molar-refractivity contribution in [3.8, 4) is 0 Å². The summed E-state index contributed by atoms with van der Waals surface area (Å²) in [5, 5.41) is 5.81. The average molecular weight is 322 g/mol. The Morgan fingerprint density at radius 3 is 2.21 bits per heavy atom. The SMILES string of the molecule is CCc1ccccc1NC(=O)C1(C(=O)Nc2ccc(C)cc2)CC1. The Balaban J connectivity index is 1.71. The second kappa shape index (κ2) is 6.48. The van der Waals surface area contributed by atoms with Gasteiger partial charge in [0.05, 0.1) is 0 Å². The van der Waals surface area contributed by atoms with Crippen molar-refractivity contribution in [2.24, 2.45) is 5.41 Å². The van der Waals surface area contributed by atoms with E-state index in [4.69, 9.17) is 0 Å². The Labute approximate surface area is 142 Å². The smallest absolute Gasteiger partial charge is 0.240 e. The first kappa shape index (κ1) is 16.2. The molecule has 3 rings (SSSR count). The van der Waals surface area contributed by atoms with Gasteiger partial charge in [0.2, 0.25) is 11.8 Å². The molecule has 2 N–H and O–H groups in total. The summed E-state index contributed by atoms with van der Waals surface area (Å²) in [6, 6.07) is 15.3. The van der Waals surface area contributed by atoms with Crippen molar-refractivity contribution >= 4 is 23.2 Å². The van der Waals surface area contributed by atoms with Crippen LogP contribution in [0.4, 0.5) is 11.4 Å². The molecule has 1 aliphatic rings. The first-order chi connectivity index (χ1) is 11.5. The maximum Gasteiger partial charge on any atom is 0.240 e. The van der Waals surface area contributed by atoms with Gasteiger partial charge in [-0.2, -0.15) is 0 Å². The molecule has 0 heterocycles. The molecule has 0 aromatic heterocycles. The van der Waals surface area contributed by atoms with Gasteiger partial charge in [-0.15, -0.1) is 0 Å². The molecule has 1 fully saturated rings. The standard InChI is InChI=1S/C20H22N2O2/c1-3-15-6-4-5-7-17(15)22-19(24)20(12-13-20)18(23)21-16-10-8-14(2)9-11-16/h4-11H,3,12-13H2,1-2H3,(H,21,23)(H,22,24). The molecule has 2 amide bonds. The highest BCUT2D eigenvalue weighted by atomic mass is 16.2. The first-order valence-electron chi connectivity index (χ1n) is 8.32. The number of nitrogens with one attached hydrogen (secondary N) is 2. The molecule has 1 saturated carbocycles. The van der Waals surface area contributed by atoms with E-state index in [1.54, 1.807) is 0 Å². The molecular formula is C20H22N2O2. The largest absolute Gasteiger partial charge is 0.325 e. The molecule has 0 spiro atoms. The molecule has 4 heteroatoms. The second-order valence-corrected chi connectivity index (χ2v) is 6.37. The summed E-state index contributed by atoms with van der Waals surface area (Å²) in [6.07, 6.45) is 2.01. The number of hydrogen-bond acceptors (Lipinski definition) is 2. The molecule has 124 valence electrons. The number of carbonyl (C=O) groups is 2. The van der Waals surface area contributed by atoms with Gasteiger partial charge in [-0.1, -0.05) is 42.8 Å². The highest BCUT2D eigenvalue weighted by Gasteiger charge is 2.56. The summed E-state index contributed by atoms with van der Waals surface area (Å²) >= 11 is 0. The summed E-state index contributed by atoms with van der Waals surface area (Å²) in [6.45, 7) is 4.04. The van der Waals surface area contributed by atoms with E-state index >= 15 is 0 Å². The molecule has 0 aliphatic heterocycles. The van der Waals surface area contributed by atoms with Gasteiger partial charge in [0, 0.05) is 11.4 Å². The van der Waals surface area contributed by atoms with Crippen molar-refractivity contribution in [3.05, 3.63) is 59.7 Å². The fraction of sp³-hybridized carbons (Fsp3) is 0.300. The first-order valence-corrected chi connectivity index (χ1v) is 8.32. The van der Waals surface area contributed by atoms with E-state index < -0.39 is 5.41 Å². The zero-order valence-corrected chi connectivity index (χ0v) is 14.1. The van der Waals surface area contributed by atoms with Crippen LogP contribution in [-0.4, -0.2) is 11.8 Å². The van der Waals surface area contributed by atoms with E-state index in [0.29, 0.717) is 12.8 Å². The molecule has 0 atom stereocenters. The molecule has 0 unspecified atom stereocenters. The number of para-hydroxylation sites is 1. The number of anilines is 2. The Kier molecular flexibility index (Phi) is 4.38. The third-order valence-electron chi connectivity index (χ3n) is 4.58. The molecule has 2 aromatic carbocycles. The zero-order chi connectivity index (χ0) is 17.2. The van der Waals surface area contributed by atoms with Gasteiger partial charge < -0.3 is 10.6 Å². The monoisotopic (exact) mass is 322 g/mol. The summed E-state index contributed by atoms with van der Waals surface area (Å²) in [5.41, 5.74) is 2.77.